The highest BCUT2D eigenvalue weighted by Crippen LogP contribution is 2.71. The lowest BCUT2D eigenvalue weighted by Gasteiger charge is -2.65. The predicted molar refractivity (Wildman–Crippen MR) is 89.9 cm³/mol. The molecule has 2 saturated heterocycles. The summed E-state index contributed by atoms with van der Waals surface area (Å²) >= 11 is 0. The fourth-order valence-electron chi connectivity index (χ4n) is 6.57. The standard InChI is InChI=1S/C20H26O6/c1-12-7-16(22)20-11-25-17(23)19(12,8-14(21)13-4-6-24-9-13)15(20)3-2-5-18(20)10-26-18/h4,6,9,12,14-16,21-22H,2-3,5,7-8,10-11H2,1H3/t12-,14+,15-,16+,18+,19-,20+/m1/s1. The van der Waals surface area contributed by atoms with Crippen molar-refractivity contribution >= 4 is 5.97 Å². The van der Waals surface area contributed by atoms with E-state index in [0.29, 0.717) is 25.0 Å². The van der Waals surface area contributed by atoms with Gasteiger partial charge in [-0.2, -0.15) is 0 Å². The van der Waals surface area contributed by atoms with Crippen LogP contribution >= 0.6 is 0 Å². The molecule has 0 aromatic carbocycles. The highest BCUT2D eigenvalue weighted by Gasteiger charge is 2.78. The third kappa shape index (κ3) is 1.85. The van der Waals surface area contributed by atoms with Crippen LogP contribution in [-0.4, -0.2) is 41.1 Å². The van der Waals surface area contributed by atoms with E-state index in [1.807, 2.05) is 6.92 Å². The first kappa shape index (κ1) is 16.8. The first-order valence-corrected chi connectivity index (χ1v) is 9.66. The summed E-state index contributed by atoms with van der Waals surface area (Å²) in [4.78, 5) is 13.2. The summed E-state index contributed by atoms with van der Waals surface area (Å²) in [6.07, 6.45) is 5.29. The van der Waals surface area contributed by atoms with Gasteiger partial charge in [-0.05, 0) is 43.6 Å². The Kier molecular flexibility index (Phi) is 3.44. The Morgan fingerprint density at radius 2 is 2.19 bits per heavy atom. The summed E-state index contributed by atoms with van der Waals surface area (Å²) in [5, 5.41) is 22.0. The minimum atomic E-state index is -0.798. The highest BCUT2D eigenvalue weighted by atomic mass is 16.6. The van der Waals surface area contributed by atoms with Crippen LogP contribution in [0, 0.1) is 22.7 Å². The van der Waals surface area contributed by atoms with Gasteiger partial charge in [0.25, 0.3) is 0 Å². The van der Waals surface area contributed by atoms with E-state index in [1.165, 1.54) is 12.5 Å². The summed E-state index contributed by atoms with van der Waals surface area (Å²) < 4.78 is 16.8. The fraction of sp³-hybridized carbons (Fsp3) is 0.750. The number of esters is 1. The topological polar surface area (TPSA) is 92.4 Å². The Morgan fingerprint density at radius 3 is 2.88 bits per heavy atom. The molecule has 2 aliphatic heterocycles. The third-order valence-electron chi connectivity index (χ3n) is 7.99. The summed E-state index contributed by atoms with van der Waals surface area (Å²) in [6.45, 7) is 2.87. The quantitative estimate of drug-likeness (QED) is 0.633. The van der Waals surface area contributed by atoms with Crippen LogP contribution in [0.15, 0.2) is 23.0 Å². The van der Waals surface area contributed by atoms with Gasteiger partial charge in [0, 0.05) is 5.56 Å². The molecule has 0 amide bonds. The minimum Gasteiger partial charge on any atom is -0.472 e. The molecule has 4 aliphatic rings. The SMILES string of the molecule is C[C@@H]1C[C@H](O)[C@]23COC(=O)[C@@]1(C[C@H](O)c1ccoc1)[C@H]2CCC[C@]31CO1. The monoisotopic (exact) mass is 362 g/mol. The van der Waals surface area contributed by atoms with Crippen molar-refractivity contribution in [3.63, 3.8) is 0 Å². The molecule has 2 bridgehead atoms. The molecule has 1 spiro atoms. The van der Waals surface area contributed by atoms with Crippen LogP contribution in [0.5, 0.6) is 0 Å². The van der Waals surface area contributed by atoms with E-state index in [2.05, 4.69) is 0 Å². The van der Waals surface area contributed by atoms with Crippen LogP contribution in [0.1, 0.15) is 50.7 Å². The molecule has 2 aliphatic carbocycles. The smallest absolute Gasteiger partial charge is 0.312 e. The number of cyclic esters (lactones) is 1. The normalized spacial score (nSPS) is 48.0. The molecule has 6 heteroatoms. The third-order valence-corrected chi connectivity index (χ3v) is 7.99. The summed E-state index contributed by atoms with van der Waals surface area (Å²) in [6, 6.07) is 1.73. The van der Waals surface area contributed by atoms with Crippen LogP contribution in [0.3, 0.4) is 0 Å². The van der Waals surface area contributed by atoms with E-state index in [1.54, 1.807) is 6.07 Å². The lowest BCUT2D eigenvalue weighted by molar-refractivity contribution is -0.263. The zero-order chi connectivity index (χ0) is 18.2. The minimum absolute atomic E-state index is 0.0344. The second kappa shape index (κ2) is 5.33. The number of hydrogen-bond acceptors (Lipinski definition) is 6. The first-order chi connectivity index (χ1) is 12.5. The summed E-state index contributed by atoms with van der Waals surface area (Å²) in [5.74, 6) is -0.329. The lowest BCUT2D eigenvalue weighted by Crippen LogP contribution is -2.72. The van der Waals surface area contributed by atoms with Crippen molar-refractivity contribution in [2.45, 2.75) is 56.8 Å². The van der Waals surface area contributed by atoms with Crippen molar-refractivity contribution in [1.82, 2.24) is 0 Å². The van der Waals surface area contributed by atoms with Gasteiger partial charge in [0.2, 0.25) is 0 Å². The average Bonchev–Trinajstić information content (AvgIpc) is 3.18. The highest BCUT2D eigenvalue weighted by molar-refractivity contribution is 5.79. The molecule has 2 N–H and O–H groups in total. The van der Waals surface area contributed by atoms with Crippen LogP contribution in [0.4, 0.5) is 0 Å². The average molecular weight is 362 g/mol. The second-order valence-corrected chi connectivity index (χ2v) is 8.81. The Labute approximate surface area is 152 Å². The second-order valence-electron chi connectivity index (χ2n) is 8.81. The zero-order valence-corrected chi connectivity index (χ0v) is 15.0. The lowest BCUT2D eigenvalue weighted by atomic mass is 9.41. The Morgan fingerprint density at radius 1 is 1.38 bits per heavy atom. The van der Waals surface area contributed by atoms with Crippen molar-refractivity contribution in [2.24, 2.45) is 22.7 Å². The summed E-state index contributed by atoms with van der Waals surface area (Å²) in [7, 11) is 0. The maximum atomic E-state index is 13.2. The van der Waals surface area contributed by atoms with E-state index in [0.717, 1.165) is 19.3 Å². The maximum Gasteiger partial charge on any atom is 0.312 e. The van der Waals surface area contributed by atoms with Gasteiger partial charge in [-0.15, -0.1) is 0 Å². The molecule has 3 heterocycles. The molecule has 0 unspecified atom stereocenters. The largest absolute Gasteiger partial charge is 0.472 e. The number of rotatable bonds is 3. The fourth-order valence-corrected chi connectivity index (χ4v) is 6.57. The molecule has 4 fully saturated rings. The molecule has 0 radical (unpaired) electrons. The molecule has 2 saturated carbocycles. The molecule has 5 rings (SSSR count). The van der Waals surface area contributed by atoms with E-state index in [4.69, 9.17) is 13.9 Å². The van der Waals surface area contributed by atoms with Gasteiger partial charge in [-0.1, -0.05) is 13.3 Å². The van der Waals surface area contributed by atoms with E-state index in [9.17, 15) is 15.0 Å². The van der Waals surface area contributed by atoms with Crippen LogP contribution in [0.25, 0.3) is 0 Å². The van der Waals surface area contributed by atoms with Crippen molar-refractivity contribution < 1.29 is 28.9 Å². The van der Waals surface area contributed by atoms with E-state index < -0.39 is 23.0 Å². The number of hydrogen-bond donors (Lipinski definition) is 2. The molecule has 1 aromatic heterocycles. The van der Waals surface area contributed by atoms with Gasteiger partial charge in [-0.25, -0.2) is 0 Å². The number of carbonyl (C=O) groups is 1. The molecule has 142 valence electrons. The number of aliphatic hydroxyl groups is 2. The maximum absolute atomic E-state index is 13.2. The number of ether oxygens (including phenoxy) is 2. The Balaban J connectivity index is 1.60. The molecule has 6 nitrogen and oxygen atoms in total. The van der Waals surface area contributed by atoms with Gasteiger partial charge in [0.05, 0.1) is 42.2 Å². The van der Waals surface area contributed by atoms with Crippen LogP contribution < -0.4 is 0 Å². The number of furan rings is 1. The van der Waals surface area contributed by atoms with Crippen LogP contribution in [0.2, 0.25) is 0 Å². The number of carbonyl (C=O) groups excluding carboxylic acids is 1. The van der Waals surface area contributed by atoms with Crippen molar-refractivity contribution in [3.8, 4) is 0 Å². The molecule has 7 atom stereocenters. The van der Waals surface area contributed by atoms with E-state index >= 15 is 0 Å². The molecule has 26 heavy (non-hydrogen) atoms. The Bertz CT molecular complexity index is 710. The first-order valence-electron chi connectivity index (χ1n) is 9.66. The Hall–Kier alpha value is -1.37. The van der Waals surface area contributed by atoms with Crippen LogP contribution in [-0.2, 0) is 14.3 Å². The van der Waals surface area contributed by atoms with Crippen molar-refractivity contribution in [3.05, 3.63) is 24.2 Å². The van der Waals surface area contributed by atoms with Gasteiger partial charge < -0.3 is 24.1 Å². The van der Waals surface area contributed by atoms with Gasteiger partial charge in [0.15, 0.2) is 0 Å². The van der Waals surface area contributed by atoms with E-state index in [-0.39, 0.29) is 30.0 Å². The zero-order valence-electron chi connectivity index (χ0n) is 15.0. The van der Waals surface area contributed by atoms with Crippen molar-refractivity contribution in [1.29, 1.82) is 0 Å². The van der Waals surface area contributed by atoms with Gasteiger partial charge >= 0.3 is 5.97 Å². The number of epoxide rings is 1. The molecule has 1 aromatic rings. The van der Waals surface area contributed by atoms with Gasteiger partial charge in [-0.3, -0.25) is 4.79 Å². The summed E-state index contributed by atoms with van der Waals surface area (Å²) in [5.41, 5.74) is -1.02. The molecular formula is C20H26O6. The predicted octanol–water partition coefficient (Wildman–Crippen LogP) is 2.20. The molecular weight excluding hydrogens is 336 g/mol. The van der Waals surface area contributed by atoms with Gasteiger partial charge in [0.1, 0.15) is 12.2 Å². The number of aliphatic hydroxyl groups excluding tert-OH is 2. The van der Waals surface area contributed by atoms with Crippen molar-refractivity contribution in [2.75, 3.05) is 13.2 Å².